The van der Waals surface area contributed by atoms with E-state index in [0.29, 0.717) is 13.2 Å². The first-order chi connectivity index (χ1) is 12.0. The van der Waals surface area contributed by atoms with Crippen molar-refractivity contribution in [3.05, 3.63) is 29.8 Å². The van der Waals surface area contributed by atoms with Crippen LogP contribution in [-0.2, 0) is 25.7 Å². The van der Waals surface area contributed by atoms with Gasteiger partial charge in [0, 0.05) is 0 Å². The largest absolute Gasteiger partial charge is 0.491 e. The summed E-state index contributed by atoms with van der Waals surface area (Å²) in [6.45, 7) is 2.77. The van der Waals surface area contributed by atoms with Gasteiger partial charge in [-0.2, -0.15) is 8.42 Å². The Balaban J connectivity index is 0.00000625. The topological polar surface area (TPSA) is 117 Å². The summed E-state index contributed by atoms with van der Waals surface area (Å²) in [7, 11) is -4.39. The molecular formula is C18H33NO6S. The quantitative estimate of drug-likeness (QED) is 0.343. The minimum atomic E-state index is -4.39. The number of ether oxygens (including phenoxy) is 2. The van der Waals surface area contributed by atoms with Gasteiger partial charge in [0.2, 0.25) is 0 Å². The highest BCUT2D eigenvalue weighted by molar-refractivity contribution is 7.80. The molecule has 0 spiro atoms. The third kappa shape index (κ3) is 13.1. The van der Waals surface area contributed by atoms with Gasteiger partial charge in [-0.1, -0.05) is 57.2 Å². The van der Waals surface area contributed by atoms with Crippen LogP contribution in [0.5, 0.6) is 5.75 Å². The van der Waals surface area contributed by atoms with Crippen LogP contribution in [0.4, 0.5) is 0 Å². The van der Waals surface area contributed by atoms with Gasteiger partial charge in [0.15, 0.2) is 0 Å². The van der Waals surface area contributed by atoms with Gasteiger partial charge in [-0.05, 0) is 24.5 Å². The van der Waals surface area contributed by atoms with Crippen LogP contribution in [0.2, 0.25) is 0 Å². The highest BCUT2D eigenvalue weighted by Gasteiger charge is 2.04. The van der Waals surface area contributed by atoms with Gasteiger partial charge >= 0.3 is 10.4 Å². The molecule has 8 heteroatoms. The molecular weight excluding hydrogens is 358 g/mol. The molecule has 0 saturated carbocycles. The Morgan fingerprint density at radius 3 is 2.31 bits per heavy atom. The molecule has 1 rings (SSSR count). The Hall–Kier alpha value is -1.19. The van der Waals surface area contributed by atoms with Crippen LogP contribution < -0.4 is 10.9 Å². The molecule has 0 bridgehead atoms. The Morgan fingerprint density at radius 1 is 0.923 bits per heavy atom. The number of unbranched alkanes of at least 4 members (excludes halogenated alkanes) is 5. The lowest BCUT2D eigenvalue weighted by Gasteiger charge is -2.11. The molecule has 26 heavy (non-hydrogen) atoms. The smallest absolute Gasteiger partial charge is 0.397 e. The molecule has 0 unspecified atom stereocenters. The Morgan fingerprint density at radius 2 is 1.58 bits per heavy atom. The number of aryl methyl sites for hydroxylation is 1. The maximum Gasteiger partial charge on any atom is 0.397 e. The summed E-state index contributed by atoms with van der Waals surface area (Å²) in [5, 5.41) is 0. The Kier molecular flexibility index (Phi) is 14.2. The van der Waals surface area contributed by atoms with E-state index in [-0.39, 0.29) is 19.4 Å². The average molecular weight is 392 g/mol. The first kappa shape index (κ1) is 24.8. The summed E-state index contributed by atoms with van der Waals surface area (Å²) in [5.41, 5.74) is 1.20. The molecule has 0 fully saturated rings. The monoisotopic (exact) mass is 391 g/mol. The Bertz CT molecular complexity index is 565. The van der Waals surface area contributed by atoms with Gasteiger partial charge in [-0.15, -0.1) is 0 Å². The minimum Gasteiger partial charge on any atom is -0.491 e. The van der Waals surface area contributed by atoms with Gasteiger partial charge in [0.1, 0.15) is 12.4 Å². The molecule has 0 atom stereocenters. The molecule has 0 aromatic heterocycles. The maximum absolute atomic E-state index is 10.4. The van der Waals surface area contributed by atoms with Crippen molar-refractivity contribution >= 4 is 10.4 Å². The third-order valence-electron chi connectivity index (χ3n) is 3.72. The predicted octanol–water partition coefficient (Wildman–Crippen LogP) is 3.97. The average Bonchev–Trinajstić information content (AvgIpc) is 2.57. The summed E-state index contributed by atoms with van der Waals surface area (Å²) >= 11 is 0. The van der Waals surface area contributed by atoms with Crippen LogP contribution in [0.25, 0.3) is 0 Å². The summed E-state index contributed by atoms with van der Waals surface area (Å²) in [6, 6.07) is 8.00. The van der Waals surface area contributed by atoms with Crippen LogP contribution >= 0.6 is 0 Å². The van der Waals surface area contributed by atoms with E-state index in [1.54, 1.807) is 0 Å². The van der Waals surface area contributed by atoms with Gasteiger partial charge in [0.05, 0.1) is 19.8 Å². The Labute approximate surface area is 157 Å². The van der Waals surface area contributed by atoms with Crippen molar-refractivity contribution in [3.63, 3.8) is 0 Å². The first-order valence-corrected chi connectivity index (χ1v) is 10.3. The molecule has 7 nitrogen and oxygen atoms in total. The zero-order chi connectivity index (χ0) is 18.4. The van der Waals surface area contributed by atoms with Crippen LogP contribution in [-0.4, -0.2) is 39.4 Å². The van der Waals surface area contributed by atoms with E-state index >= 15 is 0 Å². The predicted molar refractivity (Wildman–Crippen MR) is 102 cm³/mol. The van der Waals surface area contributed by atoms with E-state index in [9.17, 15) is 8.42 Å². The molecule has 1 aromatic rings. The normalized spacial score (nSPS) is 11.2. The van der Waals surface area contributed by atoms with Crippen molar-refractivity contribution in [3.8, 4) is 5.75 Å². The minimum absolute atomic E-state index is 0. The summed E-state index contributed by atoms with van der Waals surface area (Å²) in [4.78, 5) is 0. The zero-order valence-electron chi connectivity index (χ0n) is 15.7. The molecule has 0 heterocycles. The molecule has 152 valence electrons. The first-order valence-electron chi connectivity index (χ1n) is 8.93. The van der Waals surface area contributed by atoms with Gasteiger partial charge in [-0.25, -0.2) is 4.18 Å². The number of benzene rings is 1. The fraction of sp³-hybridized carbons (Fsp3) is 0.667. The number of hydrogen-bond donors (Lipinski definition) is 2. The molecule has 1 aromatic carbocycles. The summed E-state index contributed by atoms with van der Waals surface area (Å²) < 4.78 is 44.2. The molecule has 0 saturated heterocycles. The maximum atomic E-state index is 10.4. The molecule has 4 N–H and O–H groups in total. The lowest BCUT2D eigenvalue weighted by atomic mass is 10.0. The van der Waals surface area contributed by atoms with Crippen LogP contribution in [0.3, 0.4) is 0 Å². The number of rotatable bonds is 15. The van der Waals surface area contributed by atoms with Gasteiger partial charge in [0.25, 0.3) is 0 Å². The van der Waals surface area contributed by atoms with E-state index in [2.05, 4.69) is 17.2 Å². The van der Waals surface area contributed by atoms with E-state index in [1.165, 1.54) is 37.7 Å². The highest BCUT2D eigenvalue weighted by Crippen LogP contribution is 2.20. The van der Waals surface area contributed by atoms with E-state index in [0.717, 1.165) is 18.6 Å². The fourth-order valence-electron chi connectivity index (χ4n) is 2.46. The second-order valence-electron chi connectivity index (χ2n) is 5.84. The molecule has 0 aliphatic rings. The fourth-order valence-corrected chi connectivity index (χ4v) is 2.74. The third-order valence-corrected chi connectivity index (χ3v) is 4.18. The van der Waals surface area contributed by atoms with Crippen LogP contribution in [0.15, 0.2) is 24.3 Å². The van der Waals surface area contributed by atoms with Gasteiger partial charge < -0.3 is 15.6 Å². The highest BCUT2D eigenvalue weighted by atomic mass is 32.3. The zero-order valence-corrected chi connectivity index (χ0v) is 16.5. The number of hydrogen-bond acceptors (Lipinski definition) is 6. The van der Waals surface area contributed by atoms with Gasteiger partial charge in [-0.3, -0.25) is 4.55 Å². The lowest BCUT2D eigenvalue weighted by Crippen LogP contribution is -2.13. The van der Waals surface area contributed by atoms with E-state index in [4.69, 9.17) is 14.0 Å². The number of para-hydroxylation sites is 1. The SMILES string of the molecule is CCCCCCCCc1ccccc1OCCOCCOS(=O)(=O)O.N. The summed E-state index contributed by atoms with van der Waals surface area (Å²) in [6.07, 6.45) is 8.59. The van der Waals surface area contributed by atoms with Crippen molar-refractivity contribution in [1.29, 1.82) is 0 Å². The van der Waals surface area contributed by atoms with Crippen molar-refractivity contribution in [1.82, 2.24) is 6.15 Å². The molecule has 0 aliphatic heterocycles. The van der Waals surface area contributed by atoms with E-state index in [1.807, 2.05) is 18.2 Å². The molecule has 0 aliphatic carbocycles. The molecule has 0 radical (unpaired) electrons. The second-order valence-corrected chi connectivity index (χ2v) is 6.93. The van der Waals surface area contributed by atoms with Crippen molar-refractivity contribution < 1.29 is 26.6 Å². The van der Waals surface area contributed by atoms with Crippen molar-refractivity contribution in [2.45, 2.75) is 51.9 Å². The second kappa shape index (κ2) is 14.9. The standard InChI is InChI=1S/C18H30O6S.H3N/c1-2-3-4-5-6-7-10-17-11-8-9-12-18(17)23-15-13-22-14-16-24-25(19,20)21;/h8-9,11-12H,2-7,10,13-16H2,1H3,(H,19,20,21);1H3. The van der Waals surface area contributed by atoms with Crippen LogP contribution in [0.1, 0.15) is 51.0 Å². The molecule has 0 amide bonds. The van der Waals surface area contributed by atoms with Crippen LogP contribution in [0, 0.1) is 0 Å². The van der Waals surface area contributed by atoms with Crippen molar-refractivity contribution in [2.24, 2.45) is 0 Å². The van der Waals surface area contributed by atoms with E-state index < -0.39 is 10.4 Å². The lowest BCUT2D eigenvalue weighted by molar-refractivity contribution is 0.0746. The summed E-state index contributed by atoms with van der Waals surface area (Å²) in [5.74, 6) is 0.869. The van der Waals surface area contributed by atoms with Crippen molar-refractivity contribution in [2.75, 3.05) is 26.4 Å².